The lowest BCUT2D eigenvalue weighted by Gasteiger charge is -2.38. The molecule has 2 aromatic carbocycles. The molecular formula is C23H29NO3. The molecule has 0 bridgehead atoms. The molecule has 0 unspecified atom stereocenters. The van der Waals surface area contributed by atoms with E-state index in [-0.39, 0.29) is 17.6 Å². The minimum atomic E-state index is -0.524. The van der Waals surface area contributed by atoms with Gasteiger partial charge in [-0.05, 0) is 57.4 Å². The second-order valence-corrected chi connectivity index (χ2v) is 7.88. The topological polar surface area (TPSA) is 47.6 Å². The van der Waals surface area contributed by atoms with Gasteiger partial charge in [-0.1, -0.05) is 37.3 Å². The van der Waals surface area contributed by atoms with E-state index in [1.54, 1.807) is 0 Å². The molecule has 0 fully saturated rings. The van der Waals surface area contributed by atoms with Gasteiger partial charge in [0.2, 0.25) is 0 Å². The van der Waals surface area contributed by atoms with Crippen LogP contribution in [0.4, 0.5) is 0 Å². The predicted molar refractivity (Wildman–Crippen MR) is 107 cm³/mol. The lowest BCUT2D eigenvalue weighted by atomic mass is 9.89. The monoisotopic (exact) mass is 367 g/mol. The summed E-state index contributed by atoms with van der Waals surface area (Å²) < 4.78 is 12.1. The number of hydrogen-bond acceptors (Lipinski definition) is 3. The van der Waals surface area contributed by atoms with Crippen molar-refractivity contribution in [2.75, 3.05) is 0 Å². The van der Waals surface area contributed by atoms with E-state index in [1.807, 2.05) is 77.1 Å². The normalized spacial score (nSPS) is 18.8. The van der Waals surface area contributed by atoms with Crippen molar-refractivity contribution in [2.45, 2.75) is 65.2 Å². The predicted octanol–water partition coefficient (Wildman–Crippen LogP) is 4.88. The molecule has 1 amide bonds. The van der Waals surface area contributed by atoms with Gasteiger partial charge < -0.3 is 14.8 Å². The molecule has 1 heterocycles. The molecule has 0 radical (unpaired) electrons. The lowest BCUT2D eigenvalue weighted by molar-refractivity contribution is -0.129. The average Bonchev–Trinajstić information content (AvgIpc) is 2.62. The Hall–Kier alpha value is -2.49. The number of nitrogens with one attached hydrogen (secondary N) is 1. The Balaban J connectivity index is 1.78. The highest BCUT2D eigenvalue weighted by Crippen LogP contribution is 2.39. The first kappa shape index (κ1) is 19.3. The van der Waals surface area contributed by atoms with Crippen molar-refractivity contribution in [3.05, 3.63) is 59.2 Å². The van der Waals surface area contributed by atoms with Crippen molar-refractivity contribution in [1.82, 2.24) is 5.32 Å². The fraction of sp³-hybridized carbons (Fsp3) is 0.435. The first-order valence-electron chi connectivity index (χ1n) is 9.62. The molecule has 2 atom stereocenters. The molecule has 0 spiro atoms. The number of aryl methyl sites for hydroxylation is 1. The van der Waals surface area contributed by atoms with Gasteiger partial charge in [-0.15, -0.1) is 0 Å². The maximum atomic E-state index is 13.0. The number of carbonyl (C=O) groups excluding carboxylic acids is 1. The van der Waals surface area contributed by atoms with E-state index >= 15 is 0 Å². The summed E-state index contributed by atoms with van der Waals surface area (Å²) in [7, 11) is 0. The van der Waals surface area contributed by atoms with E-state index in [4.69, 9.17) is 9.47 Å². The Morgan fingerprint density at radius 3 is 2.70 bits per heavy atom. The SMILES string of the molecule is CC[C@H](Oc1cccc(C)c1C)C(=O)N[C@@H]1CC(C)(C)Oc2ccccc21. The fourth-order valence-electron chi connectivity index (χ4n) is 3.52. The fourth-order valence-corrected chi connectivity index (χ4v) is 3.52. The van der Waals surface area contributed by atoms with E-state index in [0.717, 1.165) is 34.6 Å². The third kappa shape index (κ3) is 4.26. The lowest BCUT2D eigenvalue weighted by Crippen LogP contribution is -2.45. The molecule has 0 saturated carbocycles. The summed E-state index contributed by atoms with van der Waals surface area (Å²) >= 11 is 0. The van der Waals surface area contributed by atoms with Crippen LogP contribution in [0.1, 0.15) is 56.3 Å². The molecule has 3 rings (SSSR count). The smallest absolute Gasteiger partial charge is 0.261 e. The molecule has 0 aliphatic carbocycles. The largest absolute Gasteiger partial charge is 0.487 e. The van der Waals surface area contributed by atoms with Crippen molar-refractivity contribution in [3.8, 4) is 11.5 Å². The molecular weight excluding hydrogens is 338 g/mol. The molecule has 144 valence electrons. The van der Waals surface area contributed by atoms with Crippen molar-refractivity contribution < 1.29 is 14.3 Å². The molecule has 27 heavy (non-hydrogen) atoms. The highest BCUT2D eigenvalue weighted by molar-refractivity contribution is 5.81. The average molecular weight is 367 g/mol. The number of fused-ring (bicyclic) bond motifs is 1. The van der Waals surface area contributed by atoms with E-state index in [0.29, 0.717) is 6.42 Å². The maximum Gasteiger partial charge on any atom is 0.261 e. The minimum absolute atomic E-state index is 0.0871. The third-order valence-electron chi connectivity index (χ3n) is 5.18. The summed E-state index contributed by atoms with van der Waals surface area (Å²) in [6, 6.07) is 13.7. The quantitative estimate of drug-likeness (QED) is 0.819. The zero-order valence-electron chi connectivity index (χ0n) is 16.8. The van der Waals surface area contributed by atoms with Crippen molar-refractivity contribution in [2.24, 2.45) is 0 Å². The highest BCUT2D eigenvalue weighted by atomic mass is 16.5. The Morgan fingerprint density at radius 1 is 1.22 bits per heavy atom. The van der Waals surface area contributed by atoms with Gasteiger partial charge in [-0.2, -0.15) is 0 Å². The number of rotatable bonds is 5. The molecule has 1 aliphatic rings. The van der Waals surface area contributed by atoms with Gasteiger partial charge in [0.15, 0.2) is 6.10 Å². The summed E-state index contributed by atoms with van der Waals surface area (Å²) in [5.41, 5.74) is 2.91. The van der Waals surface area contributed by atoms with Crippen LogP contribution in [0.3, 0.4) is 0 Å². The number of para-hydroxylation sites is 1. The minimum Gasteiger partial charge on any atom is -0.487 e. The Morgan fingerprint density at radius 2 is 1.96 bits per heavy atom. The number of ether oxygens (including phenoxy) is 2. The Labute approximate surface area is 161 Å². The molecule has 1 N–H and O–H groups in total. The van der Waals surface area contributed by atoms with Crippen LogP contribution in [0.2, 0.25) is 0 Å². The number of hydrogen-bond donors (Lipinski definition) is 1. The molecule has 0 aromatic heterocycles. The van der Waals surface area contributed by atoms with Crippen LogP contribution >= 0.6 is 0 Å². The Kier molecular flexibility index (Phi) is 5.45. The first-order valence-corrected chi connectivity index (χ1v) is 9.62. The van der Waals surface area contributed by atoms with Crippen LogP contribution in [0.5, 0.6) is 11.5 Å². The van der Waals surface area contributed by atoms with Crippen LogP contribution in [0.25, 0.3) is 0 Å². The van der Waals surface area contributed by atoms with Gasteiger partial charge in [0.1, 0.15) is 17.1 Å². The molecule has 4 heteroatoms. The number of carbonyl (C=O) groups is 1. The van der Waals surface area contributed by atoms with E-state index in [1.165, 1.54) is 0 Å². The van der Waals surface area contributed by atoms with Gasteiger partial charge in [-0.25, -0.2) is 0 Å². The van der Waals surface area contributed by atoms with Crippen LogP contribution in [-0.4, -0.2) is 17.6 Å². The van der Waals surface area contributed by atoms with E-state index in [9.17, 15) is 4.79 Å². The van der Waals surface area contributed by atoms with Crippen molar-refractivity contribution >= 4 is 5.91 Å². The second-order valence-electron chi connectivity index (χ2n) is 7.88. The molecule has 4 nitrogen and oxygen atoms in total. The number of benzene rings is 2. The van der Waals surface area contributed by atoms with Crippen LogP contribution < -0.4 is 14.8 Å². The van der Waals surface area contributed by atoms with Crippen molar-refractivity contribution in [3.63, 3.8) is 0 Å². The summed E-state index contributed by atoms with van der Waals surface area (Å²) in [6.07, 6.45) is 0.798. The van der Waals surface area contributed by atoms with Gasteiger partial charge in [0.25, 0.3) is 5.91 Å². The molecule has 1 aliphatic heterocycles. The zero-order valence-corrected chi connectivity index (χ0v) is 16.8. The summed E-state index contributed by atoms with van der Waals surface area (Å²) in [6.45, 7) is 10.1. The van der Waals surface area contributed by atoms with E-state index in [2.05, 4.69) is 5.32 Å². The maximum absolute atomic E-state index is 13.0. The standard InChI is InChI=1S/C23H29NO3/c1-6-19(26-20-13-9-10-15(2)16(20)3)22(25)24-18-14-23(4,5)27-21-12-8-7-11-17(18)21/h7-13,18-19H,6,14H2,1-5H3,(H,24,25)/t18-,19+/m1/s1. The molecule has 0 saturated heterocycles. The zero-order chi connectivity index (χ0) is 19.6. The van der Waals surface area contributed by atoms with E-state index < -0.39 is 6.10 Å². The van der Waals surface area contributed by atoms with Gasteiger partial charge in [-0.3, -0.25) is 4.79 Å². The van der Waals surface area contributed by atoms with Crippen molar-refractivity contribution in [1.29, 1.82) is 0 Å². The van der Waals surface area contributed by atoms with Gasteiger partial charge in [0.05, 0.1) is 6.04 Å². The Bertz CT molecular complexity index is 828. The third-order valence-corrected chi connectivity index (χ3v) is 5.18. The summed E-state index contributed by atoms with van der Waals surface area (Å²) in [5, 5.41) is 3.19. The van der Waals surface area contributed by atoms with Crippen LogP contribution in [0, 0.1) is 13.8 Å². The van der Waals surface area contributed by atoms with Crippen LogP contribution in [0.15, 0.2) is 42.5 Å². The second kappa shape index (κ2) is 7.63. The molecule has 2 aromatic rings. The number of amides is 1. The summed E-state index contributed by atoms with van der Waals surface area (Å²) in [4.78, 5) is 13.0. The van der Waals surface area contributed by atoms with Gasteiger partial charge in [0, 0.05) is 12.0 Å². The van der Waals surface area contributed by atoms with Gasteiger partial charge >= 0.3 is 0 Å². The highest BCUT2D eigenvalue weighted by Gasteiger charge is 2.35. The van der Waals surface area contributed by atoms with Crippen LogP contribution in [-0.2, 0) is 4.79 Å². The first-order chi connectivity index (χ1) is 12.8. The summed E-state index contributed by atoms with van der Waals surface area (Å²) in [5.74, 6) is 1.52.